The third-order valence-corrected chi connectivity index (χ3v) is 22.4. The van der Waals surface area contributed by atoms with E-state index in [0.717, 1.165) is 0 Å². The van der Waals surface area contributed by atoms with E-state index in [4.69, 9.17) is 0 Å². The Kier molecular flexibility index (Phi) is 10.4. The van der Waals surface area contributed by atoms with Gasteiger partial charge in [-0.05, 0) is 175 Å². The van der Waals surface area contributed by atoms with Gasteiger partial charge in [-0.3, -0.25) is 0 Å². The van der Waals surface area contributed by atoms with Crippen LogP contribution in [0.3, 0.4) is 0 Å². The summed E-state index contributed by atoms with van der Waals surface area (Å²) in [6.07, 6.45) is 9.77. The van der Waals surface area contributed by atoms with Crippen LogP contribution in [0.15, 0.2) is 243 Å². The van der Waals surface area contributed by atoms with Crippen molar-refractivity contribution in [3.63, 3.8) is 0 Å². The predicted molar refractivity (Wildman–Crippen MR) is 350 cm³/mol. The lowest BCUT2D eigenvalue weighted by molar-refractivity contribution is 0.195. The van der Waals surface area contributed by atoms with Crippen molar-refractivity contribution in [3.05, 3.63) is 276 Å². The summed E-state index contributed by atoms with van der Waals surface area (Å²) in [6.45, 7) is 10.2. The molecule has 3 aliphatic carbocycles. The molecule has 2 fully saturated rings. The Hall–Kier alpha value is -8.72. The number of rotatable bonds is 6. The molecule has 4 atom stereocenters. The van der Waals surface area contributed by atoms with Crippen molar-refractivity contribution in [2.24, 2.45) is 0 Å². The predicted octanol–water partition coefficient (Wildman–Crippen LogP) is 21.5. The molecule has 2 heterocycles. The smallest absolute Gasteiger partial charge is 0.0719 e. The van der Waals surface area contributed by atoms with Crippen LogP contribution in [-0.2, 0) is 16.2 Å². The van der Waals surface area contributed by atoms with Crippen LogP contribution in [0.1, 0.15) is 112 Å². The van der Waals surface area contributed by atoms with Crippen LogP contribution in [0.25, 0.3) is 76.5 Å². The minimum Gasteiger partial charge on any atom is -0.334 e. The molecule has 0 aromatic heterocycles. The molecule has 0 N–H and O–H groups in total. The monoisotopic (exact) mass is 1070 g/mol. The van der Waals surface area contributed by atoms with Gasteiger partial charge in [0.15, 0.2) is 0 Å². The Morgan fingerprint density at radius 2 is 0.723 bits per heavy atom. The zero-order valence-electron chi connectivity index (χ0n) is 48.1. The summed E-state index contributed by atoms with van der Waals surface area (Å²) in [5, 5.41) is 10.4. The Morgan fingerprint density at radius 1 is 0.301 bits per heavy atom. The largest absolute Gasteiger partial charge is 0.334 e. The van der Waals surface area contributed by atoms with Crippen LogP contribution in [0.2, 0.25) is 0 Å². The maximum atomic E-state index is 2.75. The van der Waals surface area contributed by atoms with Gasteiger partial charge in [0.25, 0.3) is 0 Å². The number of anilines is 4. The summed E-state index contributed by atoms with van der Waals surface area (Å²) in [4.78, 5) is 5.50. The average Bonchev–Trinajstić information content (AvgIpc) is 1.62. The number of hydrogen-bond acceptors (Lipinski definition) is 2. The summed E-state index contributed by atoms with van der Waals surface area (Å²) >= 11 is 0. The molecule has 5 aliphatic rings. The van der Waals surface area contributed by atoms with Crippen LogP contribution in [0.5, 0.6) is 0 Å². The number of fused-ring (bicyclic) bond motifs is 18. The zero-order valence-corrected chi connectivity index (χ0v) is 48.1. The summed E-state index contributed by atoms with van der Waals surface area (Å²) in [5.41, 5.74) is 20.6. The van der Waals surface area contributed by atoms with Crippen molar-refractivity contribution in [1.29, 1.82) is 0 Å². The lowest BCUT2D eigenvalue weighted by Gasteiger charge is -2.50. The number of hydrogen-bond donors (Lipinski definition) is 0. The fourth-order valence-corrected chi connectivity index (χ4v) is 18.1. The SMILES string of the molecule is CC12CCCCC1(C)N(c1ccccc1)c1c2ccc2c(-c3ccc4c(c3)-c3c(c5ccc(-c6cccc7c8c(ccc67)C6(C)CCCCC6(C)N8c6ccccc6)cc5c5ccccc35)C4(c3ccccc3)c3ccccc3)cccc12. The fraction of sp³-hybridized carbons (Fsp3) is 0.210. The summed E-state index contributed by atoms with van der Waals surface area (Å²) in [7, 11) is 0. The van der Waals surface area contributed by atoms with Crippen molar-refractivity contribution in [1.82, 2.24) is 0 Å². The molecule has 0 radical (unpaired) electrons. The van der Waals surface area contributed by atoms with E-state index >= 15 is 0 Å². The molecule has 83 heavy (non-hydrogen) atoms. The zero-order chi connectivity index (χ0) is 55.5. The van der Waals surface area contributed by atoms with E-state index in [2.05, 4.69) is 280 Å². The van der Waals surface area contributed by atoms with E-state index in [1.165, 1.54) is 184 Å². The van der Waals surface area contributed by atoms with Gasteiger partial charge in [0, 0.05) is 33.0 Å². The molecule has 4 unspecified atom stereocenters. The van der Waals surface area contributed by atoms with Gasteiger partial charge in [-0.25, -0.2) is 0 Å². The molecule has 2 nitrogen and oxygen atoms in total. The topological polar surface area (TPSA) is 6.48 Å². The van der Waals surface area contributed by atoms with Gasteiger partial charge in [-0.2, -0.15) is 0 Å². The van der Waals surface area contributed by atoms with Gasteiger partial charge in [-0.1, -0.05) is 246 Å². The lowest BCUT2D eigenvalue weighted by Crippen LogP contribution is -2.54. The Bertz CT molecular complexity index is 4600. The molecule has 17 rings (SSSR count). The Balaban J connectivity index is 0.902. The van der Waals surface area contributed by atoms with Crippen LogP contribution in [0, 0.1) is 0 Å². The van der Waals surface area contributed by atoms with E-state index in [1.807, 2.05) is 0 Å². The first-order chi connectivity index (χ1) is 40.7. The fourth-order valence-electron chi connectivity index (χ4n) is 18.1. The van der Waals surface area contributed by atoms with Crippen LogP contribution < -0.4 is 9.80 Å². The van der Waals surface area contributed by atoms with Crippen molar-refractivity contribution >= 4 is 65.8 Å². The molecule has 12 aromatic rings. The van der Waals surface area contributed by atoms with E-state index in [9.17, 15) is 0 Å². The number of benzene rings is 12. The molecule has 402 valence electrons. The second kappa shape index (κ2) is 17.6. The first-order valence-corrected chi connectivity index (χ1v) is 30.8. The Labute approximate surface area is 488 Å². The molecule has 2 saturated carbocycles. The molecular formula is C81H68N2. The third-order valence-electron chi connectivity index (χ3n) is 22.4. The maximum Gasteiger partial charge on any atom is 0.0719 e. The molecule has 0 bridgehead atoms. The highest BCUT2D eigenvalue weighted by Crippen LogP contribution is 2.66. The quantitative estimate of drug-likeness (QED) is 0.153. The second-order valence-corrected chi connectivity index (χ2v) is 26.0. The molecule has 12 aromatic carbocycles. The Morgan fingerprint density at radius 3 is 1.25 bits per heavy atom. The van der Waals surface area contributed by atoms with Crippen molar-refractivity contribution in [3.8, 4) is 33.4 Å². The van der Waals surface area contributed by atoms with Gasteiger partial charge in [0.05, 0.1) is 27.9 Å². The van der Waals surface area contributed by atoms with E-state index < -0.39 is 5.41 Å². The summed E-state index contributed by atoms with van der Waals surface area (Å²) in [6, 6.07) is 93.7. The first-order valence-electron chi connectivity index (χ1n) is 30.8. The van der Waals surface area contributed by atoms with Crippen LogP contribution in [0.4, 0.5) is 22.7 Å². The minimum atomic E-state index is -0.615. The van der Waals surface area contributed by atoms with E-state index in [-0.39, 0.29) is 21.9 Å². The molecule has 0 saturated heterocycles. The van der Waals surface area contributed by atoms with E-state index in [1.54, 1.807) is 0 Å². The van der Waals surface area contributed by atoms with Gasteiger partial charge in [0.2, 0.25) is 0 Å². The molecule has 2 heteroatoms. The first kappa shape index (κ1) is 48.9. The number of para-hydroxylation sites is 2. The van der Waals surface area contributed by atoms with Crippen molar-refractivity contribution < 1.29 is 0 Å². The highest BCUT2D eigenvalue weighted by atomic mass is 15.3. The molecule has 0 amide bonds. The summed E-state index contributed by atoms with van der Waals surface area (Å²) < 4.78 is 0. The van der Waals surface area contributed by atoms with Crippen molar-refractivity contribution in [2.45, 2.75) is 106 Å². The van der Waals surface area contributed by atoms with Crippen LogP contribution in [-0.4, -0.2) is 11.1 Å². The molecule has 0 spiro atoms. The van der Waals surface area contributed by atoms with E-state index in [0.29, 0.717) is 0 Å². The standard InChI is InChI=1S/C81H68N2/c1-77-47-19-21-49-79(77,3)82(57-29-13-7-14-30-57)75-66-37-23-35-59(62(66)42-45-71(75)77)53-39-41-65-68(51-53)61-33-17-18-34-64(61)73-69-52-54(40-44-70(69)81(74(65)73,55-25-9-5-10-26-55)56-27-11-6-12-28-56)60-36-24-38-67-63(60)43-46-72-76(67)83(58-31-15-8-16-32-58)80(4)50-22-20-48-78(72,80)2/h5-18,23-46,51-52H,19-22,47-50H2,1-4H3. The lowest BCUT2D eigenvalue weighted by atomic mass is 9.61. The van der Waals surface area contributed by atoms with Gasteiger partial charge in [0.1, 0.15) is 0 Å². The average molecular weight is 1070 g/mol. The van der Waals surface area contributed by atoms with Crippen molar-refractivity contribution in [2.75, 3.05) is 9.80 Å². The molecule has 2 aliphatic heterocycles. The highest BCUT2D eigenvalue weighted by Gasteiger charge is 2.60. The highest BCUT2D eigenvalue weighted by molar-refractivity contribution is 6.21. The van der Waals surface area contributed by atoms with Gasteiger partial charge >= 0.3 is 0 Å². The van der Waals surface area contributed by atoms with Gasteiger partial charge < -0.3 is 9.80 Å². The second-order valence-electron chi connectivity index (χ2n) is 26.0. The molecular weight excluding hydrogens is 1000 g/mol. The van der Waals surface area contributed by atoms with Gasteiger partial charge in [-0.15, -0.1) is 0 Å². The third kappa shape index (κ3) is 6.34. The minimum absolute atomic E-state index is 0.0286. The number of nitrogens with zero attached hydrogens (tertiary/aromatic N) is 2. The normalized spacial score (nSPS) is 22.8. The maximum absolute atomic E-state index is 2.75. The summed E-state index contributed by atoms with van der Waals surface area (Å²) in [5.74, 6) is 0. The van der Waals surface area contributed by atoms with Crippen LogP contribution >= 0.6 is 0 Å².